The first-order valence-corrected chi connectivity index (χ1v) is 9.91. The van der Waals surface area contributed by atoms with Gasteiger partial charge in [0.05, 0.1) is 18.1 Å². The molecule has 1 aromatic rings. The van der Waals surface area contributed by atoms with Crippen molar-refractivity contribution in [2.45, 2.75) is 43.1 Å². The summed E-state index contributed by atoms with van der Waals surface area (Å²) in [6, 6.07) is 3.36. The Labute approximate surface area is 143 Å². The molecule has 1 aliphatic heterocycles. The number of piperidine rings is 1. The molecule has 2 N–H and O–H groups in total. The van der Waals surface area contributed by atoms with Crippen molar-refractivity contribution in [2.75, 3.05) is 26.8 Å². The van der Waals surface area contributed by atoms with E-state index in [2.05, 4.69) is 0 Å². The number of β-amino-alcohol motifs (C(OH)–C–C–N with tert-alkyl or cyclic N) is 1. The summed E-state index contributed by atoms with van der Waals surface area (Å²) in [5.74, 6) is 0.504. The van der Waals surface area contributed by atoms with Crippen LogP contribution in [0.1, 0.15) is 30.4 Å². The van der Waals surface area contributed by atoms with E-state index in [1.807, 2.05) is 0 Å². The van der Waals surface area contributed by atoms with E-state index in [0.717, 1.165) is 42.6 Å². The highest BCUT2D eigenvalue weighted by atomic mass is 32.2. The maximum absolute atomic E-state index is 13.1. The van der Waals surface area contributed by atoms with E-state index in [1.165, 1.54) is 4.31 Å². The Morgan fingerprint density at radius 2 is 1.96 bits per heavy atom. The highest BCUT2D eigenvalue weighted by molar-refractivity contribution is 7.89. The van der Waals surface area contributed by atoms with Gasteiger partial charge in [-0.15, -0.1) is 0 Å². The molecule has 0 aromatic heterocycles. The largest absolute Gasteiger partial charge is 0.496 e. The Balaban J connectivity index is 1.96. The molecule has 0 amide bonds. The maximum Gasteiger partial charge on any atom is 0.243 e. The average Bonchev–Trinajstić information content (AvgIpc) is 2.60. The molecule has 0 spiro atoms. The van der Waals surface area contributed by atoms with Crippen LogP contribution in [0.25, 0.3) is 0 Å². The van der Waals surface area contributed by atoms with Crippen molar-refractivity contribution in [3.63, 3.8) is 0 Å². The predicted octanol–water partition coefficient (Wildman–Crippen LogP) is 0.938. The summed E-state index contributed by atoms with van der Waals surface area (Å²) >= 11 is 0. The van der Waals surface area contributed by atoms with E-state index in [1.54, 1.807) is 19.2 Å². The zero-order valence-corrected chi connectivity index (χ0v) is 14.8. The number of fused-ring (bicyclic) bond motifs is 1. The van der Waals surface area contributed by atoms with Crippen molar-refractivity contribution >= 4 is 10.0 Å². The topological polar surface area (TPSA) is 87.1 Å². The molecule has 3 rings (SSSR count). The molecular formula is C17H25NO5S. The Morgan fingerprint density at radius 1 is 1.25 bits per heavy atom. The molecule has 0 bridgehead atoms. The summed E-state index contributed by atoms with van der Waals surface area (Å²) in [5, 5.41) is 19.3. The van der Waals surface area contributed by atoms with Gasteiger partial charge in [0, 0.05) is 25.6 Å². The first kappa shape index (κ1) is 17.7. The number of rotatable bonds is 4. The highest BCUT2D eigenvalue weighted by Crippen LogP contribution is 2.36. The standard InChI is InChI=1S/C17H25NO5S/c1-23-16-6-7-17(14-5-3-2-4-13(14)16)24(21,22)18-9-8-12(11-19)15(20)10-18/h6-7,12,15,19-20H,2-5,8-11H2,1H3/t12-,15-/m0/s1. The van der Waals surface area contributed by atoms with Crippen LogP contribution in [-0.4, -0.2) is 55.8 Å². The number of aliphatic hydroxyl groups excluding tert-OH is 2. The number of hydrogen-bond acceptors (Lipinski definition) is 5. The molecule has 0 unspecified atom stereocenters. The van der Waals surface area contributed by atoms with Gasteiger partial charge in [0.1, 0.15) is 5.75 Å². The second-order valence-electron chi connectivity index (χ2n) is 6.59. The normalized spacial score (nSPS) is 25.3. The molecule has 1 fully saturated rings. The maximum atomic E-state index is 13.1. The number of hydrogen-bond donors (Lipinski definition) is 2. The molecule has 2 aliphatic rings. The molecule has 0 saturated carbocycles. The Morgan fingerprint density at radius 3 is 2.58 bits per heavy atom. The number of nitrogens with zero attached hydrogens (tertiary/aromatic N) is 1. The average molecular weight is 355 g/mol. The zero-order valence-electron chi connectivity index (χ0n) is 13.9. The van der Waals surface area contributed by atoms with Crippen LogP contribution >= 0.6 is 0 Å². The van der Waals surface area contributed by atoms with Crippen molar-refractivity contribution in [1.29, 1.82) is 0 Å². The Hall–Kier alpha value is -1.15. The molecular weight excluding hydrogens is 330 g/mol. The quantitative estimate of drug-likeness (QED) is 0.839. The Bertz CT molecular complexity index is 703. The summed E-state index contributed by atoms with van der Waals surface area (Å²) < 4.78 is 33.0. The molecule has 0 radical (unpaired) electrons. The van der Waals surface area contributed by atoms with Gasteiger partial charge in [0.2, 0.25) is 10.0 Å². The lowest BCUT2D eigenvalue weighted by Gasteiger charge is -2.35. The number of methoxy groups -OCH3 is 1. The molecule has 2 atom stereocenters. The van der Waals surface area contributed by atoms with Crippen molar-refractivity contribution in [3.8, 4) is 5.75 Å². The minimum Gasteiger partial charge on any atom is -0.496 e. The zero-order chi connectivity index (χ0) is 17.3. The second kappa shape index (κ2) is 7.00. The molecule has 7 heteroatoms. The number of benzene rings is 1. The fourth-order valence-electron chi connectivity index (χ4n) is 3.76. The van der Waals surface area contributed by atoms with Crippen molar-refractivity contribution < 1.29 is 23.4 Å². The first-order valence-electron chi connectivity index (χ1n) is 8.47. The van der Waals surface area contributed by atoms with Gasteiger partial charge >= 0.3 is 0 Å². The van der Waals surface area contributed by atoms with Crippen molar-refractivity contribution in [1.82, 2.24) is 4.31 Å². The predicted molar refractivity (Wildman–Crippen MR) is 89.6 cm³/mol. The van der Waals surface area contributed by atoms with Gasteiger partial charge in [0.15, 0.2) is 0 Å². The molecule has 1 aromatic carbocycles. The Kier molecular flexibility index (Phi) is 5.15. The van der Waals surface area contributed by atoms with Crippen LogP contribution < -0.4 is 4.74 Å². The lowest BCUT2D eigenvalue weighted by Crippen LogP contribution is -2.47. The van der Waals surface area contributed by atoms with E-state index in [0.29, 0.717) is 17.9 Å². The molecule has 24 heavy (non-hydrogen) atoms. The summed E-state index contributed by atoms with van der Waals surface area (Å²) in [5.41, 5.74) is 1.86. The first-order chi connectivity index (χ1) is 11.5. The molecule has 6 nitrogen and oxygen atoms in total. The van der Waals surface area contributed by atoms with Crippen molar-refractivity contribution in [3.05, 3.63) is 23.3 Å². The van der Waals surface area contributed by atoms with Gasteiger partial charge in [-0.2, -0.15) is 4.31 Å². The number of ether oxygens (including phenoxy) is 1. The summed E-state index contributed by atoms with van der Waals surface area (Å²) in [7, 11) is -2.05. The molecule has 1 heterocycles. The van der Waals surface area contributed by atoms with E-state index < -0.39 is 16.1 Å². The lowest BCUT2D eigenvalue weighted by atomic mass is 9.91. The molecule has 1 saturated heterocycles. The van der Waals surface area contributed by atoms with Crippen LogP contribution in [0.4, 0.5) is 0 Å². The van der Waals surface area contributed by atoms with Crippen molar-refractivity contribution in [2.24, 2.45) is 5.92 Å². The van der Waals surface area contributed by atoms with Crippen LogP contribution in [0.3, 0.4) is 0 Å². The third-order valence-electron chi connectivity index (χ3n) is 5.21. The van der Waals surface area contributed by atoms with Crippen LogP contribution in [0.2, 0.25) is 0 Å². The smallest absolute Gasteiger partial charge is 0.243 e. The third-order valence-corrected chi connectivity index (χ3v) is 7.15. The van der Waals surface area contributed by atoms with E-state index in [9.17, 15) is 18.6 Å². The minimum atomic E-state index is -3.66. The van der Waals surface area contributed by atoms with E-state index in [4.69, 9.17) is 4.74 Å². The van der Waals surface area contributed by atoms with Crippen LogP contribution in [0, 0.1) is 5.92 Å². The van der Waals surface area contributed by atoms with Gasteiger partial charge in [-0.25, -0.2) is 8.42 Å². The van der Waals surface area contributed by atoms with Gasteiger partial charge in [-0.3, -0.25) is 0 Å². The molecule has 1 aliphatic carbocycles. The monoisotopic (exact) mass is 355 g/mol. The fraction of sp³-hybridized carbons (Fsp3) is 0.647. The van der Waals surface area contributed by atoms with E-state index >= 15 is 0 Å². The van der Waals surface area contributed by atoms with Crippen LogP contribution in [-0.2, 0) is 22.9 Å². The third kappa shape index (κ3) is 3.06. The minimum absolute atomic E-state index is 0.0361. The van der Waals surface area contributed by atoms with E-state index in [-0.39, 0.29) is 19.1 Å². The van der Waals surface area contributed by atoms with Crippen LogP contribution in [0.5, 0.6) is 5.75 Å². The summed E-state index contributed by atoms with van der Waals surface area (Å²) in [6.45, 7) is 0.243. The highest BCUT2D eigenvalue weighted by Gasteiger charge is 2.36. The second-order valence-corrected chi connectivity index (χ2v) is 8.50. The summed E-state index contributed by atoms with van der Waals surface area (Å²) in [4.78, 5) is 0.340. The lowest BCUT2D eigenvalue weighted by molar-refractivity contribution is 0.0221. The van der Waals surface area contributed by atoms with Gasteiger partial charge < -0.3 is 14.9 Å². The SMILES string of the molecule is COc1ccc(S(=O)(=O)N2CC[C@@H](CO)[C@@H](O)C2)c2c1CCCC2. The van der Waals surface area contributed by atoms with Gasteiger partial charge in [-0.05, 0) is 55.4 Å². The van der Waals surface area contributed by atoms with Crippen LogP contribution in [0.15, 0.2) is 17.0 Å². The summed E-state index contributed by atoms with van der Waals surface area (Å²) in [6.07, 6.45) is 3.21. The fourth-order valence-corrected chi connectivity index (χ4v) is 5.51. The molecule has 134 valence electrons. The number of aliphatic hydroxyl groups is 2. The van der Waals surface area contributed by atoms with Gasteiger partial charge in [0.25, 0.3) is 0 Å². The van der Waals surface area contributed by atoms with Gasteiger partial charge in [-0.1, -0.05) is 0 Å². The number of sulfonamides is 1.